The molecule has 0 atom stereocenters. The van der Waals surface area contributed by atoms with Crippen molar-refractivity contribution in [2.75, 3.05) is 19.5 Å². The fourth-order valence-corrected chi connectivity index (χ4v) is 2.59. The van der Waals surface area contributed by atoms with Crippen LogP contribution in [0.15, 0.2) is 66.9 Å². The van der Waals surface area contributed by atoms with Crippen molar-refractivity contribution in [3.8, 4) is 5.75 Å². The number of hydrogen-bond acceptors (Lipinski definition) is 6. The summed E-state index contributed by atoms with van der Waals surface area (Å²) < 4.78 is 9.79. The number of ether oxygens (including phenoxy) is 2. The molecule has 0 unspecified atom stereocenters. The Morgan fingerprint density at radius 3 is 2.17 bits per heavy atom. The fraction of sp³-hybridized carbons (Fsp3) is 0.136. The number of hydrogen-bond donors (Lipinski definition) is 2. The maximum absolute atomic E-state index is 12.3. The Hall–Kier alpha value is -3.87. The quantitative estimate of drug-likeness (QED) is 0.599. The van der Waals surface area contributed by atoms with Crippen molar-refractivity contribution < 1.29 is 19.1 Å². The second kappa shape index (κ2) is 9.36. The standard InChI is InChI=1S/C22H21N3O4/c1-28-19-10-3-15(4-11-19)13-24-21(26)20-12-9-18(14-23-20)25-17-7-5-16(6-8-17)22(27)29-2/h3-12,14,25H,13H2,1-2H3,(H,24,26). The molecule has 0 fully saturated rings. The highest BCUT2D eigenvalue weighted by atomic mass is 16.5. The van der Waals surface area contributed by atoms with Crippen LogP contribution in [0.3, 0.4) is 0 Å². The van der Waals surface area contributed by atoms with E-state index in [0.717, 1.165) is 22.7 Å². The van der Waals surface area contributed by atoms with E-state index in [1.54, 1.807) is 49.7 Å². The molecule has 0 bridgehead atoms. The zero-order valence-electron chi connectivity index (χ0n) is 16.1. The monoisotopic (exact) mass is 391 g/mol. The van der Waals surface area contributed by atoms with Gasteiger partial charge in [-0.25, -0.2) is 9.78 Å². The molecule has 0 spiro atoms. The molecule has 3 rings (SSSR count). The molecule has 0 radical (unpaired) electrons. The van der Waals surface area contributed by atoms with Crippen LogP contribution in [-0.2, 0) is 11.3 Å². The SMILES string of the molecule is COC(=O)c1ccc(Nc2ccc(C(=O)NCc3ccc(OC)cc3)nc2)cc1. The molecule has 29 heavy (non-hydrogen) atoms. The molecule has 0 saturated carbocycles. The second-order valence-corrected chi connectivity index (χ2v) is 6.16. The highest BCUT2D eigenvalue weighted by molar-refractivity contribution is 5.92. The summed E-state index contributed by atoms with van der Waals surface area (Å²) in [6.45, 7) is 0.400. The smallest absolute Gasteiger partial charge is 0.337 e. The number of benzene rings is 2. The third-order valence-corrected chi connectivity index (χ3v) is 4.20. The molecular weight excluding hydrogens is 370 g/mol. The minimum Gasteiger partial charge on any atom is -0.497 e. The molecule has 1 heterocycles. The summed E-state index contributed by atoms with van der Waals surface area (Å²) in [6.07, 6.45) is 1.58. The third-order valence-electron chi connectivity index (χ3n) is 4.20. The van der Waals surface area contributed by atoms with E-state index in [-0.39, 0.29) is 11.9 Å². The predicted octanol–water partition coefficient (Wildman–Crippen LogP) is 3.55. The minimum atomic E-state index is -0.386. The van der Waals surface area contributed by atoms with Crippen LogP contribution in [0.5, 0.6) is 5.75 Å². The number of methoxy groups -OCH3 is 2. The number of esters is 1. The van der Waals surface area contributed by atoms with Crippen molar-refractivity contribution in [1.29, 1.82) is 0 Å². The van der Waals surface area contributed by atoms with Gasteiger partial charge in [0.15, 0.2) is 0 Å². The summed E-state index contributed by atoms with van der Waals surface area (Å²) in [4.78, 5) is 27.9. The third kappa shape index (κ3) is 5.32. The van der Waals surface area contributed by atoms with Crippen LogP contribution < -0.4 is 15.4 Å². The van der Waals surface area contributed by atoms with Crippen LogP contribution in [0.2, 0.25) is 0 Å². The Labute approximate surface area is 168 Å². The maximum Gasteiger partial charge on any atom is 0.337 e. The molecule has 7 nitrogen and oxygen atoms in total. The van der Waals surface area contributed by atoms with E-state index in [4.69, 9.17) is 4.74 Å². The zero-order valence-corrected chi connectivity index (χ0v) is 16.1. The van der Waals surface area contributed by atoms with Crippen molar-refractivity contribution in [1.82, 2.24) is 10.3 Å². The number of anilines is 2. The summed E-state index contributed by atoms with van der Waals surface area (Å²) in [6, 6.07) is 17.8. The van der Waals surface area contributed by atoms with E-state index in [1.807, 2.05) is 24.3 Å². The van der Waals surface area contributed by atoms with Gasteiger partial charge in [0.2, 0.25) is 0 Å². The zero-order chi connectivity index (χ0) is 20.6. The van der Waals surface area contributed by atoms with E-state index in [1.165, 1.54) is 7.11 Å². The van der Waals surface area contributed by atoms with Crippen molar-refractivity contribution in [2.24, 2.45) is 0 Å². The van der Waals surface area contributed by atoms with Crippen LogP contribution >= 0.6 is 0 Å². The van der Waals surface area contributed by atoms with Crippen LogP contribution in [0, 0.1) is 0 Å². The summed E-state index contributed by atoms with van der Waals surface area (Å²) in [5.74, 6) is 0.128. The van der Waals surface area contributed by atoms with Crippen molar-refractivity contribution in [3.05, 3.63) is 83.7 Å². The van der Waals surface area contributed by atoms with Crippen molar-refractivity contribution in [3.63, 3.8) is 0 Å². The van der Waals surface area contributed by atoms with Gasteiger partial charge >= 0.3 is 5.97 Å². The first-order valence-electron chi connectivity index (χ1n) is 8.91. The van der Waals surface area contributed by atoms with Gasteiger partial charge in [0.25, 0.3) is 5.91 Å². The van der Waals surface area contributed by atoms with Crippen LogP contribution in [0.25, 0.3) is 0 Å². The van der Waals surface area contributed by atoms with Crippen LogP contribution in [0.1, 0.15) is 26.4 Å². The molecule has 0 aliphatic rings. The lowest BCUT2D eigenvalue weighted by Gasteiger charge is -2.09. The van der Waals surface area contributed by atoms with Gasteiger partial charge in [-0.05, 0) is 54.1 Å². The summed E-state index contributed by atoms with van der Waals surface area (Å²) in [7, 11) is 2.95. The summed E-state index contributed by atoms with van der Waals surface area (Å²) in [5.41, 5.74) is 3.27. The Balaban J connectivity index is 1.56. The van der Waals surface area contributed by atoms with Crippen LogP contribution in [-0.4, -0.2) is 31.1 Å². The molecule has 3 aromatic rings. The van der Waals surface area contributed by atoms with Gasteiger partial charge in [-0.15, -0.1) is 0 Å². The Morgan fingerprint density at radius 2 is 1.59 bits per heavy atom. The van der Waals surface area contributed by atoms with Gasteiger partial charge in [0.05, 0.1) is 31.7 Å². The lowest BCUT2D eigenvalue weighted by Crippen LogP contribution is -2.23. The Kier molecular flexibility index (Phi) is 6.42. The average molecular weight is 391 g/mol. The van der Waals surface area contributed by atoms with E-state index in [2.05, 4.69) is 20.4 Å². The average Bonchev–Trinajstić information content (AvgIpc) is 2.78. The molecule has 0 saturated heterocycles. The van der Waals surface area contributed by atoms with Gasteiger partial charge in [0.1, 0.15) is 11.4 Å². The number of aromatic nitrogens is 1. The summed E-state index contributed by atoms with van der Waals surface area (Å²) >= 11 is 0. The molecule has 0 aliphatic carbocycles. The summed E-state index contributed by atoms with van der Waals surface area (Å²) in [5, 5.41) is 6.00. The van der Waals surface area contributed by atoms with Crippen molar-refractivity contribution >= 4 is 23.3 Å². The van der Waals surface area contributed by atoms with Crippen molar-refractivity contribution in [2.45, 2.75) is 6.54 Å². The molecule has 7 heteroatoms. The molecule has 1 amide bonds. The molecular formula is C22H21N3O4. The molecule has 2 N–H and O–H groups in total. The van der Waals surface area contributed by atoms with Gasteiger partial charge < -0.3 is 20.1 Å². The largest absolute Gasteiger partial charge is 0.497 e. The lowest BCUT2D eigenvalue weighted by atomic mass is 10.2. The normalized spacial score (nSPS) is 10.1. The van der Waals surface area contributed by atoms with E-state index in [9.17, 15) is 9.59 Å². The van der Waals surface area contributed by atoms with E-state index >= 15 is 0 Å². The van der Waals surface area contributed by atoms with Gasteiger partial charge in [0, 0.05) is 12.2 Å². The first kappa shape index (κ1) is 19.9. The predicted molar refractivity (Wildman–Crippen MR) is 109 cm³/mol. The van der Waals surface area contributed by atoms with E-state index in [0.29, 0.717) is 17.8 Å². The number of nitrogens with zero attached hydrogens (tertiary/aromatic N) is 1. The molecule has 1 aromatic heterocycles. The first-order chi connectivity index (χ1) is 14.1. The highest BCUT2D eigenvalue weighted by Crippen LogP contribution is 2.17. The van der Waals surface area contributed by atoms with Gasteiger partial charge in [-0.3, -0.25) is 4.79 Å². The number of pyridine rings is 1. The minimum absolute atomic E-state index is 0.255. The fourth-order valence-electron chi connectivity index (χ4n) is 2.59. The maximum atomic E-state index is 12.3. The first-order valence-corrected chi connectivity index (χ1v) is 8.91. The Bertz CT molecular complexity index is 968. The van der Waals surface area contributed by atoms with Gasteiger partial charge in [-0.1, -0.05) is 12.1 Å². The van der Waals surface area contributed by atoms with Crippen LogP contribution in [0.4, 0.5) is 11.4 Å². The molecule has 148 valence electrons. The number of carbonyl (C=O) groups excluding carboxylic acids is 2. The lowest BCUT2D eigenvalue weighted by molar-refractivity contribution is 0.0600. The number of nitrogens with one attached hydrogen (secondary N) is 2. The number of carbonyl (C=O) groups is 2. The topological polar surface area (TPSA) is 89.5 Å². The second-order valence-electron chi connectivity index (χ2n) is 6.16. The van der Waals surface area contributed by atoms with E-state index < -0.39 is 0 Å². The number of rotatable bonds is 7. The Morgan fingerprint density at radius 1 is 0.897 bits per heavy atom. The number of amides is 1. The molecule has 2 aromatic carbocycles. The highest BCUT2D eigenvalue weighted by Gasteiger charge is 2.08. The molecule has 0 aliphatic heterocycles. The van der Waals surface area contributed by atoms with Gasteiger partial charge in [-0.2, -0.15) is 0 Å².